The van der Waals surface area contributed by atoms with Crippen LogP contribution >= 0.6 is 24.8 Å². The summed E-state index contributed by atoms with van der Waals surface area (Å²) in [5.74, 6) is 0.307. The van der Waals surface area contributed by atoms with E-state index in [2.05, 4.69) is 16.0 Å². The molecule has 236 valence electrons. The van der Waals surface area contributed by atoms with Crippen LogP contribution in [0.2, 0.25) is 0 Å². The first-order valence-electron chi connectivity index (χ1n) is 14.5. The van der Waals surface area contributed by atoms with Gasteiger partial charge < -0.3 is 18.8 Å². The Balaban J connectivity index is 0.00000264. The third kappa shape index (κ3) is 6.70. The summed E-state index contributed by atoms with van der Waals surface area (Å²) in [6.07, 6.45) is 4.35. The number of nitrogens with zero attached hydrogens (tertiary/aromatic N) is 5. The molecule has 0 unspecified atom stereocenters. The van der Waals surface area contributed by atoms with E-state index in [0.717, 1.165) is 46.9 Å². The van der Waals surface area contributed by atoms with Gasteiger partial charge in [-0.15, -0.1) is 24.8 Å². The average Bonchev–Trinajstić information content (AvgIpc) is 3.34. The third-order valence-corrected chi connectivity index (χ3v) is 8.20. The number of aromatic nitrogens is 2. The summed E-state index contributed by atoms with van der Waals surface area (Å²) in [7, 11) is 1.74. The van der Waals surface area contributed by atoms with Crippen molar-refractivity contribution in [2.24, 2.45) is 5.41 Å². The summed E-state index contributed by atoms with van der Waals surface area (Å²) in [5, 5.41) is 0.601. The fourth-order valence-corrected chi connectivity index (χ4v) is 5.79. The average molecular weight is 643 g/mol. The minimum atomic E-state index is -1.15. The molecule has 1 aliphatic rings. The van der Waals surface area contributed by atoms with Gasteiger partial charge >= 0.3 is 0 Å². The van der Waals surface area contributed by atoms with Gasteiger partial charge in [0.15, 0.2) is 0 Å². The van der Waals surface area contributed by atoms with Crippen molar-refractivity contribution in [3.63, 3.8) is 0 Å². The van der Waals surface area contributed by atoms with Crippen LogP contribution in [0.15, 0.2) is 64.1 Å². The van der Waals surface area contributed by atoms with E-state index in [9.17, 15) is 14.4 Å². The van der Waals surface area contributed by atoms with Gasteiger partial charge in [0.25, 0.3) is 5.56 Å². The van der Waals surface area contributed by atoms with Gasteiger partial charge in [-0.3, -0.25) is 24.3 Å². The second kappa shape index (κ2) is 14.0. The molecular formula is C33H41Cl2N5O4. The minimum absolute atomic E-state index is 0. The summed E-state index contributed by atoms with van der Waals surface area (Å²) in [6, 6.07) is 13.7. The second-order valence-corrected chi connectivity index (χ2v) is 11.6. The zero-order valence-electron chi connectivity index (χ0n) is 26.1. The van der Waals surface area contributed by atoms with Crippen molar-refractivity contribution < 1.29 is 14.0 Å². The number of furan rings is 1. The lowest BCUT2D eigenvalue weighted by Crippen LogP contribution is -2.47. The molecule has 1 aliphatic heterocycles. The number of amides is 2. The number of halogens is 2. The normalized spacial score (nSPS) is 14.3. The molecule has 4 aromatic rings. The van der Waals surface area contributed by atoms with Gasteiger partial charge in [0, 0.05) is 57.9 Å². The fraction of sp³-hybridized carbons (Fsp3) is 0.394. The van der Waals surface area contributed by atoms with E-state index in [0.29, 0.717) is 37.1 Å². The van der Waals surface area contributed by atoms with Crippen molar-refractivity contribution in [1.82, 2.24) is 14.5 Å². The first-order valence-corrected chi connectivity index (χ1v) is 14.5. The molecule has 11 heteroatoms. The molecule has 2 amide bonds. The quantitative estimate of drug-likeness (QED) is 0.211. The zero-order valence-corrected chi connectivity index (χ0v) is 27.8. The monoisotopic (exact) mass is 641 g/mol. The van der Waals surface area contributed by atoms with E-state index in [1.807, 2.05) is 51.1 Å². The molecular weight excluding hydrogens is 601 g/mol. The van der Waals surface area contributed by atoms with Gasteiger partial charge in [-0.2, -0.15) is 0 Å². The summed E-state index contributed by atoms with van der Waals surface area (Å²) in [4.78, 5) is 49.7. The van der Waals surface area contributed by atoms with Crippen molar-refractivity contribution in [2.75, 3.05) is 29.9 Å². The highest BCUT2D eigenvalue weighted by Crippen LogP contribution is 2.39. The van der Waals surface area contributed by atoms with Crippen LogP contribution in [0.1, 0.15) is 49.8 Å². The second-order valence-electron chi connectivity index (χ2n) is 11.6. The van der Waals surface area contributed by atoms with Crippen LogP contribution in [0, 0.1) is 19.3 Å². The van der Waals surface area contributed by atoms with Crippen LogP contribution in [-0.2, 0) is 29.2 Å². The number of rotatable bonds is 9. The fourth-order valence-electron chi connectivity index (χ4n) is 5.79. The van der Waals surface area contributed by atoms with Crippen molar-refractivity contribution in [1.29, 1.82) is 0 Å². The lowest BCUT2D eigenvalue weighted by atomic mass is 9.90. The van der Waals surface area contributed by atoms with E-state index in [1.54, 1.807) is 53.7 Å². The lowest BCUT2D eigenvalue weighted by Gasteiger charge is -2.27. The third-order valence-electron chi connectivity index (χ3n) is 8.20. The topological polar surface area (TPSA) is 91.9 Å². The number of hydrogen-bond donors (Lipinski definition) is 0. The molecule has 0 bridgehead atoms. The van der Waals surface area contributed by atoms with Crippen molar-refractivity contribution >= 4 is 59.0 Å². The minimum Gasteiger partial charge on any atom is -0.461 e. The summed E-state index contributed by atoms with van der Waals surface area (Å²) in [5.41, 5.74) is 4.03. The number of carbonyl (C=O) groups excluding carboxylic acids is 2. The molecule has 0 atom stereocenters. The maximum atomic E-state index is 13.3. The summed E-state index contributed by atoms with van der Waals surface area (Å²) >= 11 is 0. The first-order chi connectivity index (χ1) is 20.0. The number of aryl methyl sites for hydroxylation is 3. The molecule has 0 saturated carbocycles. The molecule has 1 aromatic carbocycles. The molecule has 0 aliphatic carbocycles. The molecule has 0 saturated heterocycles. The Bertz CT molecular complexity index is 1710. The lowest BCUT2D eigenvalue weighted by molar-refractivity contribution is -0.137. The summed E-state index contributed by atoms with van der Waals surface area (Å²) in [6.45, 7) is 12.3. The molecule has 4 heterocycles. The number of carbonyl (C=O) groups is 2. The van der Waals surface area contributed by atoms with Gasteiger partial charge in [-0.1, -0.05) is 12.1 Å². The number of fused-ring (bicyclic) bond motifs is 2. The number of pyridine rings is 2. The number of benzene rings is 1. The highest BCUT2D eigenvalue weighted by atomic mass is 35.5. The Kier molecular flexibility index (Phi) is 11.1. The van der Waals surface area contributed by atoms with Crippen LogP contribution < -0.4 is 15.4 Å². The standard InChI is InChI=1S/C33H39N5O4.2ClH/c1-7-38-27-12-11-24(19-28(27)35(6)31(40)33(4,5)32(38)41)20-36(21-25-10-8-14-34-23(25)3)15-9-16-37-17-13-29-26(30(37)39)18-22(2)42-29;;/h8,10-14,17-19H,7,9,15-16,20-21H2,1-6H3;2*1H. The Morgan fingerprint density at radius 3 is 2.41 bits per heavy atom. The molecule has 0 radical (unpaired) electrons. The van der Waals surface area contributed by atoms with E-state index in [4.69, 9.17) is 4.42 Å². The van der Waals surface area contributed by atoms with Crippen molar-refractivity contribution in [2.45, 2.75) is 60.7 Å². The molecule has 9 nitrogen and oxygen atoms in total. The predicted molar refractivity (Wildman–Crippen MR) is 179 cm³/mol. The maximum absolute atomic E-state index is 13.3. The Hall–Kier alpha value is -3.66. The molecule has 44 heavy (non-hydrogen) atoms. The molecule has 0 fully saturated rings. The highest BCUT2D eigenvalue weighted by Gasteiger charge is 2.45. The molecule has 0 N–H and O–H groups in total. The van der Waals surface area contributed by atoms with E-state index in [1.165, 1.54) is 0 Å². The van der Waals surface area contributed by atoms with Crippen LogP contribution in [0.3, 0.4) is 0 Å². The van der Waals surface area contributed by atoms with E-state index >= 15 is 0 Å². The Morgan fingerprint density at radius 2 is 1.70 bits per heavy atom. The first kappa shape index (κ1) is 34.8. The Labute approximate surface area is 270 Å². The van der Waals surface area contributed by atoms with Gasteiger partial charge in [-0.25, -0.2) is 0 Å². The Morgan fingerprint density at radius 1 is 0.955 bits per heavy atom. The van der Waals surface area contributed by atoms with Crippen LogP contribution in [-0.4, -0.2) is 46.4 Å². The van der Waals surface area contributed by atoms with Crippen molar-refractivity contribution in [3.05, 3.63) is 87.8 Å². The molecule has 3 aromatic heterocycles. The van der Waals surface area contributed by atoms with Crippen LogP contribution in [0.5, 0.6) is 0 Å². The highest BCUT2D eigenvalue weighted by molar-refractivity contribution is 6.19. The van der Waals surface area contributed by atoms with Crippen LogP contribution in [0.4, 0.5) is 11.4 Å². The zero-order chi connectivity index (χ0) is 30.2. The SMILES string of the molecule is CCN1C(=O)C(C)(C)C(=O)N(C)c2cc(CN(CCCn3ccc4oc(C)cc4c3=O)Cc3cccnc3C)ccc21.Cl.Cl. The molecule has 0 spiro atoms. The van der Waals surface area contributed by atoms with Gasteiger partial charge in [0.1, 0.15) is 16.8 Å². The van der Waals surface area contributed by atoms with Gasteiger partial charge in [0.05, 0.1) is 16.8 Å². The van der Waals surface area contributed by atoms with E-state index < -0.39 is 5.41 Å². The largest absolute Gasteiger partial charge is 0.461 e. The maximum Gasteiger partial charge on any atom is 0.261 e. The summed E-state index contributed by atoms with van der Waals surface area (Å²) < 4.78 is 7.35. The van der Waals surface area contributed by atoms with E-state index in [-0.39, 0.29) is 42.2 Å². The smallest absolute Gasteiger partial charge is 0.261 e. The van der Waals surface area contributed by atoms with Gasteiger partial charge in [-0.05, 0) is 82.5 Å². The van der Waals surface area contributed by atoms with Crippen LogP contribution in [0.25, 0.3) is 11.0 Å². The molecule has 5 rings (SSSR count). The number of hydrogen-bond acceptors (Lipinski definition) is 6. The van der Waals surface area contributed by atoms with Crippen molar-refractivity contribution in [3.8, 4) is 0 Å². The van der Waals surface area contributed by atoms with Gasteiger partial charge in [0.2, 0.25) is 11.8 Å². The predicted octanol–water partition coefficient (Wildman–Crippen LogP) is 5.90. The number of anilines is 2.